The van der Waals surface area contributed by atoms with Crippen LogP contribution in [0.1, 0.15) is 84.5 Å². The maximum Gasteiger partial charge on any atom is 0.307 e. The van der Waals surface area contributed by atoms with Crippen molar-refractivity contribution in [3.05, 3.63) is 0 Å². The normalized spacial score (nSPS) is 14.2. The molecular weight excluding hydrogens is 288 g/mol. The number of carbonyl (C=O) groups excluding carboxylic acids is 1. The molecule has 0 unspecified atom stereocenters. The molecule has 0 aromatic rings. The molecule has 0 saturated heterocycles. The highest BCUT2D eigenvalue weighted by Gasteiger charge is 2.17. The fourth-order valence-electron chi connectivity index (χ4n) is 3.06. The molecule has 0 amide bonds. The van der Waals surface area contributed by atoms with Crippen LogP contribution in [0.15, 0.2) is 4.99 Å². The Morgan fingerprint density at radius 2 is 1.70 bits per heavy atom. The SMILES string of the molecule is CCCCCCCCCCCC1=NCCN1CCC(=O)OCC. The number of ether oxygens (including phenoxy) is 1. The Hall–Kier alpha value is -1.06. The van der Waals surface area contributed by atoms with Gasteiger partial charge in [0.15, 0.2) is 0 Å². The number of unbranched alkanes of at least 4 members (excludes halogenated alkanes) is 8. The maximum absolute atomic E-state index is 11.4. The molecule has 1 aliphatic rings. The predicted molar refractivity (Wildman–Crippen MR) is 97.0 cm³/mol. The van der Waals surface area contributed by atoms with E-state index in [1.165, 1.54) is 63.6 Å². The average molecular weight is 325 g/mol. The zero-order valence-electron chi connectivity index (χ0n) is 15.3. The monoisotopic (exact) mass is 324 g/mol. The first-order valence-electron chi connectivity index (χ1n) is 9.71. The Kier molecular flexibility index (Phi) is 11.6. The molecule has 1 heterocycles. The highest BCUT2D eigenvalue weighted by atomic mass is 16.5. The third kappa shape index (κ3) is 9.62. The van der Waals surface area contributed by atoms with Gasteiger partial charge in [0, 0.05) is 19.5 Å². The summed E-state index contributed by atoms with van der Waals surface area (Å²) in [5.74, 6) is 1.11. The standard InChI is InChI=1S/C19H36N2O2/c1-3-5-6-7-8-9-10-11-12-13-18-20-15-17-21(18)16-14-19(22)23-4-2/h3-17H2,1-2H3. The molecule has 0 bridgehead atoms. The molecule has 0 fully saturated rings. The first kappa shape index (κ1) is 20.0. The van der Waals surface area contributed by atoms with Gasteiger partial charge in [-0.05, 0) is 13.3 Å². The first-order valence-corrected chi connectivity index (χ1v) is 9.71. The van der Waals surface area contributed by atoms with Crippen molar-refractivity contribution in [2.24, 2.45) is 4.99 Å². The summed E-state index contributed by atoms with van der Waals surface area (Å²) in [6.07, 6.45) is 13.7. The van der Waals surface area contributed by atoms with Crippen LogP contribution in [0.25, 0.3) is 0 Å². The van der Waals surface area contributed by atoms with Gasteiger partial charge >= 0.3 is 5.97 Å². The van der Waals surface area contributed by atoms with E-state index in [0.717, 1.165) is 26.1 Å². The van der Waals surface area contributed by atoms with Gasteiger partial charge in [-0.2, -0.15) is 0 Å². The molecule has 0 aromatic carbocycles. The van der Waals surface area contributed by atoms with Gasteiger partial charge < -0.3 is 9.64 Å². The molecular formula is C19H36N2O2. The third-order valence-corrected chi connectivity index (χ3v) is 4.42. The van der Waals surface area contributed by atoms with Crippen LogP contribution >= 0.6 is 0 Å². The smallest absolute Gasteiger partial charge is 0.307 e. The fourth-order valence-corrected chi connectivity index (χ4v) is 3.06. The van der Waals surface area contributed by atoms with Crippen LogP contribution in [0, 0.1) is 0 Å². The van der Waals surface area contributed by atoms with Gasteiger partial charge in [-0.25, -0.2) is 0 Å². The van der Waals surface area contributed by atoms with Crippen LogP contribution in [0.2, 0.25) is 0 Å². The maximum atomic E-state index is 11.4. The van der Waals surface area contributed by atoms with E-state index in [-0.39, 0.29) is 5.97 Å². The summed E-state index contributed by atoms with van der Waals surface area (Å²) < 4.78 is 4.99. The second-order valence-corrected chi connectivity index (χ2v) is 6.42. The summed E-state index contributed by atoms with van der Waals surface area (Å²) in [6.45, 7) is 7.20. The number of aliphatic imine (C=N–C) groups is 1. The molecule has 0 spiro atoms. The second-order valence-electron chi connectivity index (χ2n) is 6.42. The summed E-state index contributed by atoms with van der Waals surface area (Å²) in [5, 5.41) is 0. The number of esters is 1. The van der Waals surface area contributed by atoms with Gasteiger partial charge in [-0.1, -0.05) is 58.3 Å². The zero-order valence-corrected chi connectivity index (χ0v) is 15.3. The van der Waals surface area contributed by atoms with Crippen molar-refractivity contribution in [2.45, 2.75) is 84.5 Å². The number of hydrogen-bond donors (Lipinski definition) is 0. The quantitative estimate of drug-likeness (QED) is 0.347. The van der Waals surface area contributed by atoms with Crippen molar-refractivity contribution < 1.29 is 9.53 Å². The number of carbonyl (C=O) groups is 1. The van der Waals surface area contributed by atoms with Crippen molar-refractivity contribution in [3.8, 4) is 0 Å². The van der Waals surface area contributed by atoms with Crippen LogP contribution in [0.5, 0.6) is 0 Å². The molecule has 1 rings (SSSR count). The van der Waals surface area contributed by atoms with Crippen molar-refractivity contribution >= 4 is 11.8 Å². The third-order valence-electron chi connectivity index (χ3n) is 4.42. The lowest BCUT2D eigenvalue weighted by molar-refractivity contribution is -0.143. The Balaban J connectivity index is 2.01. The predicted octanol–water partition coefficient (Wildman–Crippen LogP) is 4.57. The van der Waals surface area contributed by atoms with Gasteiger partial charge in [-0.15, -0.1) is 0 Å². The van der Waals surface area contributed by atoms with Gasteiger partial charge in [0.05, 0.1) is 25.4 Å². The van der Waals surface area contributed by atoms with Crippen molar-refractivity contribution in [1.82, 2.24) is 4.90 Å². The average Bonchev–Trinajstić information content (AvgIpc) is 2.99. The van der Waals surface area contributed by atoms with E-state index in [2.05, 4.69) is 16.8 Å². The molecule has 4 nitrogen and oxygen atoms in total. The molecule has 1 aliphatic heterocycles. The lowest BCUT2D eigenvalue weighted by atomic mass is 10.1. The van der Waals surface area contributed by atoms with E-state index < -0.39 is 0 Å². The topological polar surface area (TPSA) is 41.9 Å². The zero-order chi connectivity index (χ0) is 16.8. The number of rotatable bonds is 14. The fraction of sp³-hybridized carbons (Fsp3) is 0.895. The molecule has 0 aliphatic carbocycles. The molecule has 4 heteroatoms. The molecule has 0 radical (unpaired) electrons. The van der Waals surface area contributed by atoms with Crippen LogP contribution in [0.4, 0.5) is 0 Å². The van der Waals surface area contributed by atoms with Crippen LogP contribution in [0.3, 0.4) is 0 Å². The number of amidine groups is 1. The summed E-state index contributed by atoms with van der Waals surface area (Å²) in [6, 6.07) is 0. The van der Waals surface area contributed by atoms with Crippen molar-refractivity contribution in [2.75, 3.05) is 26.2 Å². The van der Waals surface area contributed by atoms with Gasteiger partial charge in [0.2, 0.25) is 0 Å². The highest BCUT2D eigenvalue weighted by molar-refractivity contribution is 5.84. The van der Waals surface area contributed by atoms with E-state index >= 15 is 0 Å². The van der Waals surface area contributed by atoms with Gasteiger partial charge in [0.1, 0.15) is 0 Å². The van der Waals surface area contributed by atoms with E-state index in [1.54, 1.807) is 0 Å². The van der Waals surface area contributed by atoms with Gasteiger partial charge in [0.25, 0.3) is 0 Å². The lowest BCUT2D eigenvalue weighted by Crippen LogP contribution is -2.30. The molecule has 134 valence electrons. The highest BCUT2D eigenvalue weighted by Crippen LogP contribution is 2.13. The largest absolute Gasteiger partial charge is 0.466 e. The summed E-state index contributed by atoms with van der Waals surface area (Å²) in [7, 11) is 0. The number of nitrogens with zero attached hydrogens (tertiary/aromatic N) is 2. The van der Waals surface area contributed by atoms with E-state index in [9.17, 15) is 4.79 Å². The Morgan fingerprint density at radius 3 is 2.35 bits per heavy atom. The lowest BCUT2D eigenvalue weighted by Gasteiger charge is -2.19. The van der Waals surface area contributed by atoms with Crippen LogP contribution in [-0.2, 0) is 9.53 Å². The van der Waals surface area contributed by atoms with Crippen LogP contribution < -0.4 is 0 Å². The van der Waals surface area contributed by atoms with Crippen molar-refractivity contribution in [1.29, 1.82) is 0 Å². The summed E-state index contributed by atoms with van der Waals surface area (Å²) in [5.41, 5.74) is 0. The minimum absolute atomic E-state index is 0.0955. The summed E-state index contributed by atoms with van der Waals surface area (Å²) >= 11 is 0. The Bertz CT molecular complexity index is 342. The Morgan fingerprint density at radius 1 is 1.04 bits per heavy atom. The first-order chi connectivity index (χ1) is 11.3. The second kappa shape index (κ2) is 13.4. The number of hydrogen-bond acceptors (Lipinski definition) is 4. The Labute approximate surface area is 142 Å². The minimum atomic E-state index is -0.0955. The molecule has 0 atom stereocenters. The van der Waals surface area contributed by atoms with Gasteiger partial charge in [-0.3, -0.25) is 9.79 Å². The van der Waals surface area contributed by atoms with E-state index in [1.807, 2.05) is 6.92 Å². The van der Waals surface area contributed by atoms with E-state index in [0.29, 0.717) is 13.0 Å². The molecule has 23 heavy (non-hydrogen) atoms. The van der Waals surface area contributed by atoms with E-state index in [4.69, 9.17) is 4.74 Å². The molecule has 0 N–H and O–H groups in total. The minimum Gasteiger partial charge on any atom is -0.466 e. The van der Waals surface area contributed by atoms with Crippen molar-refractivity contribution in [3.63, 3.8) is 0 Å². The molecule has 0 aromatic heterocycles. The molecule has 0 saturated carbocycles. The summed E-state index contributed by atoms with van der Waals surface area (Å²) in [4.78, 5) is 18.3. The van der Waals surface area contributed by atoms with Crippen LogP contribution in [-0.4, -0.2) is 42.9 Å².